The molecule has 0 aliphatic carbocycles. The number of nitrogens with two attached hydrogens (primary N) is 1. The molecule has 0 unspecified atom stereocenters. The molecule has 1 rings (SSSR count). The Bertz CT molecular complexity index is 274. The first-order valence-electron chi connectivity index (χ1n) is 2.95. The Hall–Kier alpha value is -1.78. The van der Waals surface area contributed by atoms with Gasteiger partial charge < -0.3 is 5.73 Å². The first-order chi connectivity index (χ1) is 5.18. The van der Waals surface area contributed by atoms with Crippen LogP contribution in [0.15, 0.2) is 24.3 Å². The van der Waals surface area contributed by atoms with Crippen LogP contribution in [-0.4, -0.2) is 5.03 Å². The van der Waals surface area contributed by atoms with Crippen molar-refractivity contribution in [1.82, 2.24) is 0 Å². The van der Waals surface area contributed by atoms with Crippen molar-refractivity contribution in [2.45, 2.75) is 0 Å². The molecule has 0 saturated carbocycles. The van der Waals surface area contributed by atoms with Gasteiger partial charge in [-0.05, 0) is 18.2 Å². The smallest absolute Gasteiger partial charge is 0.162 e. The van der Waals surface area contributed by atoms with E-state index in [0.29, 0.717) is 11.4 Å². The fourth-order valence-corrected chi connectivity index (χ4v) is 0.714. The molecule has 0 aliphatic heterocycles. The van der Waals surface area contributed by atoms with Crippen molar-refractivity contribution >= 4 is 11.4 Å². The van der Waals surface area contributed by atoms with Crippen molar-refractivity contribution < 1.29 is 5.03 Å². The average molecular weight is 153 g/mol. The van der Waals surface area contributed by atoms with Gasteiger partial charge in [0.05, 0.1) is 0 Å². The molecule has 0 amide bonds. The molecule has 0 saturated heterocycles. The highest BCUT2D eigenvalue weighted by Crippen LogP contribution is 2.10. The molecule has 3 N–H and O–H groups in total. The lowest BCUT2D eigenvalue weighted by Crippen LogP contribution is -2.07. The molecule has 11 heavy (non-hydrogen) atoms. The Labute approximate surface area is 62.9 Å². The fraction of sp³-hybridized carbons (Fsp3) is 0. The largest absolute Gasteiger partial charge is 0.399 e. The molecule has 0 atom stereocenters. The summed E-state index contributed by atoms with van der Waals surface area (Å²) in [4.78, 5) is 9.93. The highest BCUT2D eigenvalue weighted by atomic mass is 16.7. The normalized spacial score (nSPS) is 9.09. The summed E-state index contributed by atoms with van der Waals surface area (Å²) in [6.45, 7) is 0. The zero-order valence-electron chi connectivity index (χ0n) is 5.65. The predicted octanol–water partition coefficient (Wildman–Crippen LogP) is 0.872. The Morgan fingerprint density at radius 2 is 2.27 bits per heavy atom. The molecule has 0 aliphatic rings. The van der Waals surface area contributed by atoms with Gasteiger partial charge in [0.2, 0.25) is 0 Å². The van der Waals surface area contributed by atoms with E-state index < -0.39 is 5.03 Å². The van der Waals surface area contributed by atoms with Gasteiger partial charge >= 0.3 is 0 Å². The van der Waals surface area contributed by atoms with Gasteiger partial charge in [-0.25, -0.2) is 10.1 Å². The van der Waals surface area contributed by atoms with Crippen LogP contribution in [0.5, 0.6) is 0 Å². The number of benzene rings is 1. The van der Waals surface area contributed by atoms with Crippen LogP contribution in [0.3, 0.4) is 0 Å². The van der Waals surface area contributed by atoms with Crippen LogP contribution in [0.1, 0.15) is 0 Å². The molecule has 58 valence electrons. The Morgan fingerprint density at radius 1 is 1.55 bits per heavy atom. The number of anilines is 2. The molecule has 1 aromatic rings. The molecule has 0 spiro atoms. The highest BCUT2D eigenvalue weighted by molar-refractivity contribution is 5.52. The number of hydrazine groups is 1. The van der Waals surface area contributed by atoms with Gasteiger partial charge in [-0.1, -0.05) is 6.07 Å². The van der Waals surface area contributed by atoms with Crippen LogP contribution in [0.25, 0.3) is 0 Å². The van der Waals surface area contributed by atoms with Crippen LogP contribution in [-0.2, 0) is 0 Å². The lowest BCUT2D eigenvalue weighted by Gasteiger charge is -1.96. The zero-order chi connectivity index (χ0) is 8.27. The van der Waals surface area contributed by atoms with E-state index in [1.54, 1.807) is 18.2 Å². The Morgan fingerprint density at radius 3 is 2.82 bits per heavy atom. The standard InChI is InChI=1S/C6H7N3O2/c7-5-2-1-3-6(4-5)8-9(10)11/h1-4,8H,7H2. The van der Waals surface area contributed by atoms with Crippen LogP contribution in [0.4, 0.5) is 11.4 Å². The first-order valence-corrected chi connectivity index (χ1v) is 2.95. The summed E-state index contributed by atoms with van der Waals surface area (Å²) in [6, 6.07) is 6.36. The van der Waals surface area contributed by atoms with Gasteiger partial charge in [0.15, 0.2) is 5.03 Å². The minimum atomic E-state index is -0.630. The maximum Gasteiger partial charge on any atom is 0.162 e. The van der Waals surface area contributed by atoms with E-state index in [-0.39, 0.29) is 0 Å². The van der Waals surface area contributed by atoms with Crippen molar-refractivity contribution in [3.05, 3.63) is 34.4 Å². The molecule has 0 heterocycles. The summed E-state index contributed by atoms with van der Waals surface area (Å²) in [6.07, 6.45) is 0. The van der Waals surface area contributed by atoms with E-state index >= 15 is 0 Å². The predicted molar refractivity (Wildman–Crippen MR) is 41.5 cm³/mol. The van der Waals surface area contributed by atoms with E-state index in [2.05, 4.69) is 0 Å². The van der Waals surface area contributed by atoms with Crippen LogP contribution < -0.4 is 11.2 Å². The summed E-state index contributed by atoms with van der Waals surface area (Å²) in [5, 5.41) is 9.30. The number of nitrogens with one attached hydrogen (secondary N) is 1. The van der Waals surface area contributed by atoms with Gasteiger partial charge in [0.25, 0.3) is 0 Å². The molecule has 5 heteroatoms. The highest BCUT2D eigenvalue weighted by Gasteiger charge is 1.96. The third-order valence-corrected chi connectivity index (χ3v) is 1.11. The van der Waals surface area contributed by atoms with E-state index in [9.17, 15) is 10.1 Å². The molecule has 0 aromatic heterocycles. The minimum absolute atomic E-state index is 0.384. The number of rotatable bonds is 2. The Kier molecular flexibility index (Phi) is 1.91. The number of nitrogens with zero attached hydrogens (tertiary/aromatic N) is 1. The molecular formula is C6H7N3O2. The summed E-state index contributed by atoms with van der Waals surface area (Å²) < 4.78 is 0. The molecule has 5 nitrogen and oxygen atoms in total. The van der Waals surface area contributed by atoms with E-state index in [0.717, 1.165) is 0 Å². The van der Waals surface area contributed by atoms with Crippen LogP contribution in [0.2, 0.25) is 0 Å². The van der Waals surface area contributed by atoms with Gasteiger partial charge in [0.1, 0.15) is 5.69 Å². The van der Waals surface area contributed by atoms with Gasteiger partial charge in [-0.2, -0.15) is 0 Å². The van der Waals surface area contributed by atoms with Gasteiger partial charge in [0, 0.05) is 5.69 Å². The topological polar surface area (TPSA) is 81.2 Å². The van der Waals surface area contributed by atoms with Crippen molar-refractivity contribution in [1.29, 1.82) is 0 Å². The summed E-state index contributed by atoms with van der Waals surface area (Å²) in [7, 11) is 0. The quantitative estimate of drug-likeness (QED) is 0.375. The Balaban J connectivity index is 2.79. The second-order valence-corrected chi connectivity index (χ2v) is 1.99. The molecule has 1 aromatic carbocycles. The van der Waals surface area contributed by atoms with Crippen molar-refractivity contribution in [2.24, 2.45) is 0 Å². The van der Waals surface area contributed by atoms with E-state index in [1.165, 1.54) is 6.07 Å². The van der Waals surface area contributed by atoms with E-state index in [4.69, 9.17) is 5.73 Å². The zero-order valence-corrected chi connectivity index (χ0v) is 5.65. The lowest BCUT2D eigenvalue weighted by molar-refractivity contribution is -0.445. The van der Waals surface area contributed by atoms with Crippen molar-refractivity contribution in [3.8, 4) is 0 Å². The average Bonchev–Trinajstić information content (AvgIpc) is 1.85. The third kappa shape index (κ3) is 2.13. The van der Waals surface area contributed by atoms with Crippen molar-refractivity contribution in [3.63, 3.8) is 0 Å². The third-order valence-electron chi connectivity index (χ3n) is 1.11. The molecule has 0 fully saturated rings. The van der Waals surface area contributed by atoms with Gasteiger partial charge in [-0.3, -0.25) is 0 Å². The molecule has 0 radical (unpaired) electrons. The van der Waals surface area contributed by atoms with Crippen LogP contribution >= 0.6 is 0 Å². The maximum atomic E-state index is 9.93. The second kappa shape index (κ2) is 2.87. The van der Waals surface area contributed by atoms with E-state index in [1.807, 2.05) is 5.43 Å². The summed E-state index contributed by atoms with van der Waals surface area (Å²) in [5.41, 5.74) is 8.24. The van der Waals surface area contributed by atoms with Crippen LogP contribution in [0, 0.1) is 10.1 Å². The van der Waals surface area contributed by atoms with Gasteiger partial charge in [-0.15, -0.1) is 5.43 Å². The lowest BCUT2D eigenvalue weighted by atomic mass is 10.3. The molecule has 0 bridgehead atoms. The summed E-state index contributed by atoms with van der Waals surface area (Å²) >= 11 is 0. The number of hydrogen-bond acceptors (Lipinski definition) is 3. The number of nitro groups is 1. The second-order valence-electron chi connectivity index (χ2n) is 1.99. The minimum Gasteiger partial charge on any atom is -0.399 e. The summed E-state index contributed by atoms with van der Waals surface area (Å²) in [5.74, 6) is 0. The number of hydrogen-bond donors (Lipinski definition) is 2. The van der Waals surface area contributed by atoms with Crippen molar-refractivity contribution in [2.75, 3.05) is 11.2 Å². The fourth-order valence-electron chi connectivity index (χ4n) is 0.714. The first kappa shape index (κ1) is 7.33. The SMILES string of the molecule is Nc1cccc(N[N+](=O)[O-])c1. The molecular weight excluding hydrogens is 146 g/mol. The monoisotopic (exact) mass is 153 g/mol. The number of nitrogen functional groups attached to an aromatic ring is 1. The maximum absolute atomic E-state index is 9.93.